The fraction of sp³-hybridized carbons (Fsp3) is 0.278. The Bertz CT molecular complexity index is 1100. The maximum absolute atomic E-state index is 12.7. The zero-order valence-electron chi connectivity index (χ0n) is 16.0. The zero-order valence-corrected chi connectivity index (χ0v) is 20.8. The molecule has 0 saturated carbocycles. The molecule has 14 heteroatoms. The van der Waals surface area contributed by atoms with Gasteiger partial charge in [-0.25, -0.2) is 4.79 Å². The molecule has 1 fully saturated rings. The van der Waals surface area contributed by atoms with Crippen molar-refractivity contribution in [1.82, 2.24) is 19.0 Å². The molecule has 4 rings (SSSR count). The summed E-state index contributed by atoms with van der Waals surface area (Å²) in [4.78, 5) is 39.0. The van der Waals surface area contributed by atoms with Gasteiger partial charge in [-0.3, -0.25) is 14.5 Å². The molecular formula is C18H14Cl2N4O4S4. The molecule has 2 aliphatic rings. The third-order valence-corrected chi connectivity index (χ3v) is 9.20. The van der Waals surface area contributed by atoms with Gasteiger partial charge in [-0.1, -0.05) is 35.0 Å². The highest BCUT2D eigenvalue weighted by molar-refractivity contribution is 8.01. The Morgan fingerprint density at radius 3 is 2.84 bits per heavy atom. The number of benzene rings is 1. The average molecular weight is 550 g/mol. The van der Waals surface area contributed by atoms with Gasteiger partial charge >= 0.3 is 5.97 Å². The van der Waals surface area contributed by atoms with E-state index in [4.69, 9.17) is 23.2 Å². The minimum Gasteiger partial charge on any atom is -0.477 e. The molecule has 8 nitrogen and oxygen atoms in total. The van der Waals surface area contributed by atoms with Crippen LogP contribution in [0.15, 0.2) is 45.6 Å². The molecule has 2 aliphatic heterocycles. The van der Waals surface area contributed by atoms with Crippen LogP contribution < -0.4 is 5.32 Å². The maximum Gasteiger partial charge on any atom is 0.352 e. The van der Waals surface area contributed by atoms with Gasteiger partial charge in [0.1, 0.15) is 22.1 Å². The number of carboxylic acids is 1. The number of carbonyl (C=O) groups is 3. The molecule has 1 unspecified atom stereocenters. The van der Waals surface area contributed by atoms with Crippen LogP contribution in [0.4, 0.5) is 0 Å². The lowest BCUT2D eigenvalue weighted by Crippen LogP contribution is -2.70. The van der Waals surface area contributed by atoms with E-state index in [1.54, 1.807) is 24.4 Å². The Morgan fingerprint density at radius 2 is 2.12 bits per heavy atom. The van der Waals surface area contributed by atoms with Crippen LogP contribution in [-0.2, 0) is 14.4 Å². The third-order valence-electron chi connectivity index (χ3n) is 4.55. The molecule has 1 saturated heterocycles. The van der Waals surface area contributed by atoms with Crippen molar-refractivity contribution in [2.24, 2.45) is 0 Å². The van der Waals surface area contributed by atoms with Gasteiger partial charge in [0.05, 0.1) is 28.7 Å². The number of aliphatic carboxylic acids is 1. The van der Waals surface area contributed by atoms with E-state index in [0.29, 0.717) is 37.0 Å². The number of nitrogens with zero attached hydrogens (tertiary/aromatic N) is 3. The van der Waals surface area contributed by atoms with Gasteiger partial charge < -0.3 is 10.4 Å². The summed E-state index contributed by atoms with van der Waals surface area (Å²) >= 11 is 17.2. The van der Waals surface area contributed by atoms with Crippen molar-refractivity contribution in [3.05, 3.63) is 45.7 Å². The molecule has 32 heavy (non-hydrogen) atoms. The van der Waals surface area contributed by atoms with E-state index in [9.17, 15) is 19.5 Å². The number of rotatable bonds is 8. The van der Waals surface area contributed by atoms with E-state index in [1.165, 1.54) is 40.2 Å². The highest BCUT2D eigenvalue weighted by Gasteiger charge is 2.54. The summed E-state index contributed by atoms with van der Waals surface area (Å²) in [5.41, 5.74) is 0.626. The molecule has 0 aliphatic carbocycles. The first-order chi connectivity index (χ1) is 15.3. The number of fused-ring (bicyclic) bond motifs is 1. The summed E-state index contributed by atoms with van der Waals surface area (Å²) < 4.78 is 8.02. The summed E-state index contributed by atoms with van der Waals surface area (Å²) in [5.74, 6) is -1.05. The quantitative estimate of drug-likeness (QED) is 0.378. The topological polar surface area (TPSA) is 112 Å². The number of carboxylic acid groups (broad SMARTS) is 1. The number of carbonyl (C=O) groups excluding carboxylic acids is 2. The van der Waals surface area contributed by atoms with Crippen LogP contribution in [0.25, 0.3) is 0 Å². The van der Waals surface area contributed by atoms with Crippen molar-refractivity contribution >= 4 is 88.0 Å². The summed E-state index contributed by atoms with van der Waals surface area (Å²) in [6.45, 7) is 0. The summed E-state index contributed by atoms with van der Waals surface area (Å²) in [7, 11) is 0. The molecule has 2 amide bonds. The van der Waals surface area contributed by atoms with Gasteiger partial charge in [-0.05, 0) is 23.8 Å². The highest BCUT2D eigenvalue weighted by atomic mass is 35.5. The number of hydrogen-bond donors (Lipinski definition) is 2. The van der Waals surface area contributed by atoms with Crippen LogP contribution in [0.1, 0.15) is 0 Å². The number of halogens is 2. The van der Waals surface area contributed by atoms with Crippen molar-refractivity contribution in [3.63, 3.8) is 0 Å². The number of β-lactam (4-membered cyclic amide) rings is 1. The standard InChI is InChI=1S/C18H14Cl2N4O4S4/c19-9-1-2-10(20)11(3-9)29-7-12(25)22-14-16(26)24-15(18(27)28)8(6-31-17(14)24)5-30-13-4-21-32-23-13/h1-4,14,17H,5-7H2,(H,22,25)(H,27,28)/t14?,17-/m1/s1. The molecule has 0 radical (unpaired) electrons. The van der Waals surface area contributed by atoms with Crippen molar-refractivity contribution in [1.29, 1.82) is 0 Å². The highest BCUT2D eigenvalue weighted by Crippen LogP contribution is 2.41. The number of nitrogens with one attached hydrogen (secondary N) is 1. The van der Waals surface area contributed by atoms with Crippen molar-refractivity contribution in [3.8, 4) is 0 Å². The maximum atomic E-state index is 12.7. The fourth-order valence-corrected chi connectivity index (χ4v) is 7.29. The Balaban J connectivity index is 1.38. The minimum absolute atomic E-state index is 0.0139. The lowest BCUT2D eigenvalue weighted by molar-refractivity contribution is -0.150. The Kier molecular flexibility index (Phi) is 7.58. The Labute approximate surface area is 209 Å². The van der Waals surface area contributed by atoms with E-state index in [-0.39, 0.29) is 17.4 Å². The van der Waals surface area contributed by atoms with E-state index in [0.717, 1.165) is 11.7 Å². The van der Waals surface area contributed by atoms with Crippen molar-refractivity contribution in [2.45, 2.75) is 21.3 Å². The van der Waals surface area contributed by atoms with Gasteiger partial charge in [0.15, 0.2) is 0 Å². The summed E-state index contributed by atoms with van der Waals surface area (Å²) in [5, 5.41) is 13.7. The first-order valence-corrected chi connectivity index (χ1v) is 13.5. The lowest BCUT2D eigenvalue weighted by Gasteiger charge is -2.49. The van der Waals surface area contributed by atoms with Crippen LogP contribution in [0, 0.1) is 0 Å². The first kappa shape index (κ1) is 23.7. The number of thioether (sulfide) groups is 3. The van der Waals surface area contributed by atoms with Crippen molar-refractivity contribution < 1.29 is 19.5 Å². The molecule has 0 spiro atoms. The summed E-state index contributed by atoms with van der Waals surface area (Å²) in [6, 6.07) is 4.20. The van der Waals surface area contributed by atoms with Crippen LogP contribution >= 0.6 is 70.2 Å². The largest absolute Gasteiger partial charge is 0.477 e. The predicted molar refractivity (Wildman–Crippen MR) is 128 cm³/mol. The molecule has 2 N–H and O–H groups in total. The zero-order chi connectivity index (χ0) is 22.8. The van der Waals surface area contributed by atoms with E-state index in [2.05, 4.69) is 14.1 Å². The Hall–Kier alpha value is -1.44. The summed E-state index contributed by atoms with van der Waals surface area (Å²) in [6.07, 6.45) is 1.62. The second kappa shape index (κ2) is 10.2. The average Bonchev–Trinajstić information content (AvgIpc) is 3.29. The van der Waals surface area contributed by atoms with E-state index < -0.39 is 23.3 Å². The third kappa shape index (κ3) is 5.05. The van der Waals surface area contributed by atoms with Crippen LogP contribution in [0.2, 0.25) is 10.0 Å². The van der Waals surface area contributed by atoms with Gasteiger partial charge in [0.2, 0.25) is 5.91 Å². The SMILES string of the molecule is O=C(CSc1cc(Cl)ccc1Cl)NC1C(=O)N2C(C(=O)O)=C(CSc3cnsn3)CS[C@H]12. The van der Waals surface area contributed by atoms with Crippen LogP contribution in [-0.4, -0.2) is 65.2 Å². The van der Waals surface area contributed by atoms with Gasteiger partial charge in [-0.15, -0.1) is 23.5 Å². The molecule has 1 aromatic carbocycles. The first-order valence-electron chi connectivity index (χ1n) is 9.02. The van der Waals surface area contributed by atoms with E-state index >= 15 is 0 Å². The van der Waals surface area contributed by atoms with Gasteiger partial charge in [0, 0.05) is 21.4 Å². The lowest BCUT2D eigenvalue weighted by atomic mass is 10.0. The van der Waals surface area contributed by atoms with Crippen molar-refractivity contribution in [2.75, 3.05) is 17.3 Å². The minimum atomic E-state index is -1.16. The second-order valence-electron chi connectivity index (χ2n) is 6.61. The molecule has 1 aromatic heterocycles. The normalized spacial score (nSPS) is 20.1. The van der Waals surface area contributed by atoms with Crippen LogP contribution in [0.3, 0.4) is 0 Å². The van der Waals surface area contributed by atoms with E-state index in [1.807, 2.05) is 0 Å². The Morgan fingerprint density at radius 1 is 1.31 bits per heavy atom. The predicted octanol–water partition coefficient (Wildman–Crippen LogP) is 3.47. The van der Waals surface area contributed by atoms with Gasteiger partial charge in [-0.2, -0.15) is 8.75 Å². The second-order valence-corrected chi connectivity index (χ2v) is 11.1. The number of aromatic nitrogens is 2. The van der Waals surface area contributed by atoms with Crippen LogP contribution in [0.5, 0.6) is 0 Å². The fourth-order valence-electron chi connectivity index (χ4n) is 3.12. The molecular weight excluding hydrogens is 535 g/mol. The van der Waals surface area contributed by atoms with Gasteiger partial charge in [0.25, 0.3) is 5.91 Å². The molecule has 3 heterocycles. The molecule has 2 atom stereocenters. The smallest absolute Gasteiger partial charge is 0.352 e. The number of amides is 2. The number of hydrogen-bond acceptors (Lipinski definition) is 9. The molecule has 2 aromatic rings. The molecule has 0 bridgehead atoms. The monoisotopic (exact) mass is 548 g/mol. The molecule has 168 valence electrons.